The number of hydrogen-bond donors (Lipinski definition) is 0. The van der Waals surface area contributed by atoms with Crippen LogP contribution < -0.4 is 0 Å². The summed E-state index contributed by atoms with van der Waals surface area (Å²) in [5, 5.41) is 7.20. The molecule has 0 saturated carbocycles. The molecular weight excluding hydrogens is 306 g/mol. The lowest BCUT2D eigenvalue weighted by Crippen LogP contribution is -1.85. The van der Waals surface area contributed by atoms with Gasteiger partial charge in [-0.05, 0) is 29.7 Å². The number of aryl methyl sites for hydroxylation is 1. The summed E-state index contributed by atoms with van der Waals surface area (Å²) in [5.41, 5.74) is 4.40. The lowest BCUT2D eigenvalue weighted by Gasteiger charge is -1.97. The number of benzene rings is 4. The number of rotatable bonds is 0. The highest BCUT2D eigenvalue weighted by atomic mass is 16.3. The minimum absolute atomic E-state index is 0.980. The minimum atomic E-state index is 0.980. The molecule has 0 N–H and O–H groups in total. The first kappa shape index (κ1) is 13.1. The van der Waals surface area contributed by atoms with E-state index in [4.69, 9.17) is 4.42 Å². The lowest BCUT2D eigenvalue weighted by atomic mass is 10.0. The summed E-state index contributed by atoms with van der Waals surface area (Å²) < 4.78 is 8.73. The second kappa shape index (κ2) is 4.42. The van der Waals surface area contributed by atoms with Crippen molar-refractivity contribution in [1.82, 2.24) is 4.57 Å². The van der Waals surface area contributed by atoms with Crippen LogP contribution in [0.15, 0.2) is 77.2 Å². The van der Waals surface area contributed by atoms with Crippen LogP contribution in [0.4, 0.5) is 0 Å². The largest absolute Gasteiger partial charge is 0.455 e. The number of hydrogen-bond acceptors (Lipinski definition) is 1. The Kier molecular flexibility index (Phi) is 2.31. The molecule has 0 spiro atoms. The van der Waals surface area contributed by atoms with E-state index >= 15 is 0 Å². The third-order valence-electron chi connectivity index (χ3n) is 5.41. The van der Waals surface area contributed by atoms with Crippen LogP contribution in [-0.4, -0.2) is 4.57 Å². The first-order chi connectivity index (χ1) is 12.3. The van der Waals surface area contributed by atoms with E-state index in [0.717, 1.165) is 11.2 Å². The van der Waals surface area contributed by atoms with E-state index in [1.807, 2.05) is 0 Å². The minimum Gasteiger partial charge on any atom is -0.455 e. The van der Waals surface area contributed by atoms with Crippen molar-refractivity contribution in [2.75, 3.05) is 0 Å². The molecule has 0 fully saturated rings. The van der Waals surface area contributed by atoms with Crippen LogP contribution >= 0.6 is 0 Å². The molecule has 0 atom stereocenters. The van der Waals surface area contributed by atoms with Gasteiger partial charge in [0.1, 0.15) is 11.2 Å². The molecule has 118 valence electrons. The van der Waals surface area contributed by atoms with Crippen molar-refractivity contribution in [1.29, 1.82) is 0 Å². The Bertz CT molecular complexity index is 1450. The molecule has 25 heavy (non-hydrogen) atoms. The fourth-order valence-corrected chi connectivity index (χ4v) is 4.20. The van der Waals surface area contributed by atoms with Gasteiger partial charge < -0.3 is 8.98 Å². The first-order valence-corrected chi connectivity index (χ1v) is 8.53. The predicted molar refractivity (Wildman–Crippen MR) is 105 cm³/mol. The van der Waals surface area contributed by atoms with Crippen molar-refractivity contribution < 1.29 is 4.42 Å². The summed E-state index contributed by atoms with van der Waals surface area (Å²) in [6, 6.07) is 25.7. The number of para-hydroxylation sites is 1. The Labute approximate surface area is 143 Å². The van der Waals surface area contributed by atoms with Crippen LogP contribution in [0.2, 0.25) is 0 Å². The average molecular weight is 321 g/mol. The maximum absolute atomic E-state index is 6.49. The second-order valence-electron chi connectivity index (χ2n) is 6.68. The van der Waals surface area contributed by atoms with E-state index in [9.17, 15) is 0 Å². The van der Waals surface area contributed by atoms with Gasteiger partial charge in [0.05, 0.1) is 10.9 Å². The molecule has 0 aliphatic heterocycles. The molecule has 0 saturated heterocycles. The van der Waals surface area contributed by atoms with E-state index in [-0.39, 0.29) is 0 Å². The molecule has 0 radical (unpaired) electrons. The highest BCUT2D eigenvalue weighted by Gasteiger charge is 2.16. The van der Waals surface area contributed by atoms with Gasteiger partial charge in [-0.2, -0.15) is 0 Å². The summed E-state index contributed by atoms with van der Waals surface area (Å²) >= 11 is 0. The van der Waals surface area contributed by atoms with Gasteiger partial charge in [-0.15, -0.1) is 0 Å². The van der Waals surface area contributed by atoms with Crippen molar-refractivity contribution in [3.63, 3.8) is 0 Å². The SMILES string of the molecule is Cn1c2ccccc2c2c3oc4c5ccccc5ccc4c3ccc21. The second-order valence-corrected chi connectivity index (χ2v) is 6.68. The topological polar surface area (TPSA) is 18.1 Å². The van der Waals surface area contributed by atoms with Crippen LogP contribution in [-0.2, 0) is 7.05 Å². The maximum atomic E-state index is 6.49. The van der Waals surface area contributed by atoms with Crippen LogP contribution in [0.3, 0.4) is 0 Å². The summed E-state index contributed by atoms with van der Waals surface area (Å²) in [4.78, 5) is 0. The third kappa shape index (κ3) is 1.54. The van der Waals surface area contributed by atoms with E-state index in [1.165, 1.54) is 43.4 Å². The zero-order valence-corrected chi connectivity index (χ0v) is 13.8. The molecule has 6 aromatic rings. The fraction of sp³-hybridized carbons (Fsp3) is 0.0435. The molecule has 0 aliphatic rings. The Morgan fingerprint density at radius 3 is 2.24 bits per heavy atom. The third-order valence-corrected chi connectivity index (χ3v) is 5.41. The zero-order valence-electron chi connectivity index (χ0n) is 13.8. The van der Waals surface area contributed by atoms with Crippen LogP contribution in [0.5, 0.6) is 0 Å². The Morgan fingerprint density at radius 2 is 1.32 bits per heavy atom. The van der Waals surface area contributed by atoms with E-state index in [0.29, 0.717) is 0 Å². The van der Waals surface area contributed by atoms with Crippen molar-refractivity contribution in [3.05, 3.63) is 72.8 Å². The Hall–Kier alpha value is -3.26. The molecule has 6 rings (SSSR count). The summed E-state index contributed by atoms with van der Waals surface area (Å²) in [6.45, 7) is 0. The summed E-state index contributed by atoms with van der Waals surface area (Å²) in [7, 11) is 2.12. The number of aromatic nitrogens is 1. The number of furan rings is 1. The normalized spacial score (nSPS) is 12.2. The van der Waals surface area contributed by atoms with Gasteiger partial charge in [0.15, 0.2) is 0 Å². The Balaban J connectivity index is 1.93. The molecule has 0 unspecified atom stereocenters. The number of fused-ring (bicyclic) bond motifs is 9. The van der Waals surface area contributed by atoms with Crippen LogP contribution in [0.1, 0.15) is 0 Å². The van der Waals surface area contributed by atoms with Crippen molar-refractivity contribution >= 4 is 54.5 Å². The highest BCUT2D eigenvalue weighted by molar-refractivity contribution is 6.25. The molecule has 2 heteroatoms. The molecule has 4 aromatic carbocycles. The molecule has 2 heterocycles. The van der Waals surface area contributed by atoms with E-state index in [2.05, 4.69) is 84.4 Å². The predicted octanol–water partition coefficient (Wildman–Crippen LogP) is 6.38. The van der Waals surface area contributed by atoms with Crippen molar-refractivity contribution in [3.8, 4) is 0 Å². The van der Waals surface area contributed by atoms with Crippen LogP contribution in [0.25, 0.3) is 54.5 Å². The first-order valence-electron chi connectivity index (χ1n) is 8.53. The van der Waals surface area contributed by atoms with Crippen molar-refractivity contribution in [2.45, 2.75) is 0 Å². The summed E-state index contributed by atoms with van der Waals surface area (Å²) in [5.74, 6) is 0. The average Bonchev–Trinajstić information content (AvgIpc) is 3.18. The monoisotopic (exact) mass is 321 g/mol. The Morgan fingerprint density at radius 1 is 0.600 bits per heavy atom. The van der Waals surface area contributed by atoms with Crippen LogP contribution in [0, 0.1) is 0 Å². The summed E-state index contributed by atoms with van der Waals surface area (Å²) in [6.07, 6.45) is 0. The lowest BCUT2D eigenvalue weighted by molar-refractivity contribution is 0.676. The van der Waals surface area contributed by atoms with E-state index in [1.54, 1.807) is 0 Å². The van der Waals surface area contributed by atoms with Crippen molar-refractivity contribution in [2.24, 2.45) is 7.05 Å². The zero-order chi connectivity index (χ0) is 16.5. The molecular formula is C23H15NO. The van der Waals surface area contributed by atoms with Gasteiger partial charge in [0.25, 0.3) is 0 Å². The van der Waals surface area contributed by atoms with Gasteiger partial charge in [0.2, 0.25) is 0 Å². The van der Waals surface area contributed by atoms with Gasteiger partial charge in [-0.3, -0.25) is 0 Å². The standard InChI is InChI=1S/C23H15NO/c1-24-19-9-5-4-8-18(19)21-20(24)13-12-17-16-11-10-14-6-2-3-7-15(14)22(16)25-23(17)21/h2-13H,1H3. The van der Waals surface area contributed by atoms with E-state index < -0.39 is 0 Å². The highest BCUT2D eigenvalue weighted by Crippen LogP contribution is 2.40. The molecule has 0 aliphatic carbocycles. The molecule has 2 aromatic heterocycles. The molecule has 0 amide bonds. The van der Waals surface area contributed by atoms with Gasteiger partial charge in [0, 0.05) is 34.1 Å². The van der Waals surface area contributed by atoms with Gasteiger partial charge in [-0.25, -0.2) is 0 Å². The maximum Gasteiger partial charge on any atom is 0.145 e. The quantitative estimate of drug-likeness (QED) is 0.317. The van der Waals surface area contributed by atoms with Gasteiger partial charge in [-0.1, -0.05) is 48.5 Å². The van der Waals surface area contributed by atoms with Gasteiger partial charge >= 0.3 is 0 Å². The smallest absolute Gasteiger partial charge is 0.145 e. The molecule has 0 bridgehead atoms. The fourth-order valence-electron chi connectivity index (χ4n) is 4.20. The number of nitrogens with zero attached hydrogens (tertiary/aromatic N) is 1. The molecule has 2 nitrogen and oxygen atoms in total.